The molecule has 1 aromatic rings. The van der Waals surface area contributed by atoms with Gasteiger partial charge in [0, 0.05) is 5.33 Å². The number of ether oxygens (including phenoxy) is 1. The number of methoxy groups -OCH3 is 1. The second kappa shape index (κ2) is 6.26. The number of halogens is 1. The van der Waals surface area contributed by atoms with Gasteiger partial charge in [0.2, 0.25) is 0 Å². The summed E-state index contributed by atoms with van der Waals surface area (Å²) in [4.78, 5) is 0. The van der Waals surface area contributed by atoms with Crippen LogP contribution < -0.4 is 4.74 Å². The highest BCUT2D eigenvalue weighted by molar-refractivity contribution is 9.09. The van der Waals surface area contributed by atoms with Gasteiger partial charge in [-0.1, -0.05) is 28.1 Å². The van der Waals surface area contributed by atoms with Crippen molar-refractivity contribution in [3.8, 4) is 11.8 Å². The molecular weight excluding hydrogens is 254 g/mol. The second-order valence-corrected chi connectivity index (χ2v) is 3.74. The molecule has 0 aliphatic heterocycles. The number of benzene rings is 1. The van der Waals surface area contributed by atoms with Crippen molar-refractivity contribution in [2.45, 2.75) is 6.42 Å². The number of nitriles is 1. The molecule has 2 nitrogen and oxygen atoms in total. The van der Waals surface area contributed by atoms with Gasteiger partial charge in [0.25, 0.3) is 0 Å². The van der Waals surface area contributed by atoms with Crippen molar-refractivity contribution in [3.05, 3.63) is 35.4 Å². The highest BCUT2D eigenvalue weighted by atomic mass is 79.9. The standard InChI is InChI=1S/C12H12BrNO/c1-15-12-6-5-11(9-14)10(8-12)4-2-3-7-13/h2,4-6,8H,3,7H2,1H3. The lowest BCUT2D eigenvalue weighted by Crippen LogP contribution is -1.86. The Morgan fingerprint density at radius 2 is 2.33 bits per heavy atom. The molecule has 0 radical (unpaired) electrons. The molecular formula is C12H12BrNO. The fraction of sp³-hybridized carbons (Fsp3) is 0.250. The van der Waals surface area contributed by atoms with Gasteiger partial charge in [0.1, 0.15) is 5.75 Å². The summed E-state index contributed by atoms with van der Waals surface area (Å²) in [5.41, 5.74) is 1.57. The van der Waals surface area contributed by atoms with E-state index in [1.54, 1.807) is 19.2 Å². The summed E-state index contributed by atoms with van der Waals surface area (Å²) in [5.74, 6) is 0.771. The molecule has 78 valence electrons. The minimum atomic E-state index is 0.668. The van der Waals surface area contributed by atoms with Crippen molar-refractivity contribution in [1.82, 2.24) is 0 Å². The molecule has 0 saturated carbocycles. The Labute approximate surface area is 98.3 Å². The maximum atomic E-state index is 8.90. The normalized spacial score (nSPS) is 10.2. The molecule has 0 fully saturated rings. The van der Waals surface area contributed by atoms with Crippen LogP contribution in [0.1, 0.15) is 17.5 Å². The molecule has 0 heterocycles. The van der Waals surface area contributed by atoms with Gasteiger partial charge in [-0.3, -0.25) is 0 Å². The van der Waals surface area contributed by atoms with Crippen molar-refractivity contribution in [3.63, 3.8) is 0 Å². The van der Waals surface area contributed by atoms with E-state index in [9.17, 15) is 0 Å². The first-order valence-electron chi connectivity index (χ1n) is 4.62. The van der Waals surface area contributed by atoms with Crippen molar-refractivity contribution in [2.24, 2.45) is 0 Å². The molecule has 0 bridgehead atoms. The number of hydrogen-bond acceptors (Lipinski definition) is 2. The number of allylic oxidation sites excluding steroid dienone is 1. The largest absolute Gasteiger partial charge is 0.497 e. The molecule has 0 aliphatic rings. The van der Waals surface area contributed by atoms with Crippen LogP contribution in [0, 0.1) is 11.3 Å². The molecule has 0 unspecified atom stereocenters. The van der Waals surface area contributed by atoms with E-state index in [1.165, 1.54) is 0 Å². The Kier molecular flexibility index (Phi) is 4.92. The van der Waals surface area contributed by atoms with Gasteiger partial charge in [-0.05, 0) is 30.2 Å². The van der Waals surface area contributed by atoms with Gasteiger partial charge in [-0.25, -0.2) is 0 Å². The van der Waals surface area contributed by atoms with E-state index < -0.39 is 0 Å². The summed E-state index contributed by atoms with van der Waals surface area (Å²) in [6.07, 6.45) is 4.93. The zero-order chi connectivity index (χ0) is 11.1. The Bertz CT molecular complexity index is 393. The van der Waals surface area contributed by atoms with Gasteiger partial charge in [0.05, 0.1) is 18.7 Å². The number of hydrogen-bond donors (Lipinski definition) is 0. The predicted octanol–water partition coefficient (Wildman–Crippen LogP) is 3.37. The third-order valence-electron chi connectivity index (χ3n) is 1.95. The van der Waals surface area contributed by atoms with Crippen LogP contribution in [-0.2, 0) is 0 Å². The van der Waals surface area contributed by atoms with Gasteiger partial charge < -0.3 is 4.74 Å². The fourth-order valence-corrected chi connectivity index (χ4v) is 1.45. The van der Waals surface area contributed by atoms with Crippen LogP contribution in [0.3, 0.4) is 0 Å². The zero-order valence-corrected chi connectivity index (χ0v) is 10.1. The molecule has 15 heavy (non-hydrogen) atoms. The molecule has 0 aliphatic carbocycles. The van der Waals surface area contributed by atoms with Crippen molar-refractivity contribution < 1.29 is 4.74 Å². The van der Waals surface area contributed by atoms with Crippen LogP contribution in [0.2, 0.25) is 0 Å². The molecule has 0 spiro atoms. The monoisotopic (exact) mass is 265 g/mol. The summed E-state index contributed by atoms with van der Waals surface area (Å²) < 4.78 is 5.11. The number of rotatable bonds is 4. The van der Waals surface area contributed by atoms with Crippen molar-refractivity contribution in [2.75, 3.05) is 12.4 Å². The third kappa shape index (κ3) is 3.41. The molecule has 1 rings (SSSR count). The first-order valence-corrected chi connectivity index (χ1v) is 5.74. The summed E-state index contributed by atoms with van der Waals surface area (Å²) in [7, 11) is 1.62. The van der Waals surface area contributed by atoms with E-state index in [0.29, 0.717) is 5.56 Å². The van der Waals surface area contributed by atoms with Gasteiger partial charge in [-0.2, -0.15) is 5.26 Å². The first kappa shape index (κ1) is 11.8. The van der Waals surface area contributed by atoms with E-state index in [0.717, 1.165) is 23.1 Å². The van der Waals surface area contributed by atoms with Crippen LogP contribution in [0.5, 0.6) is 5.75 Å². The molecule has 0 saturated heterocycles. The Morgan fingerprint density at radius 3 is 2.93 bits per heavy atom. The lowest BCUT2D eigenvalue weighted by atomic mass is 10.1. The molecule has 0 atom stereocenters. The topological polar surface area (TPSA) is 33.0 Å². The molecule has 0 aromatic heterocycles. The maximum absolute atomic E-state index is 8.90. The van der Waals surface area contributed by atoms with E-state index in [2.05, 4.69) is 22.0 Å². The van der Waals surface area contributed by atoms with Crippen molar-refractivity contribution in [1.29, 1.82) is 5.26 Å². The average Bonchev–Trinajstić information content (AvgIpc) is 2.29. The van der Waals surface area contributed by atoms with Gasteiger partial charge in [-0.15, -0.1) is 0 Å². The van der Waals surface area contributed by atoms with Crippen LogP contribution in [-0.4, -0.2) is 12.4 Å². The van der Waals surface area contributed by atoms with E-state index in [-0.39, 0.29) is 0 Å². The number of alkyl halides is 1. The van der Waals surface area contributed by atoms with Gasteiger partial charge >= 0.3 is 0 Å². The highest BCUT2D eigenvalue weighted by Crippen LogP contribution is 2.18. The van der Waals surface area contributed by atoms with Crippen LogP contribution >= 0.6 is 15.9 Å². The lowest BCUT2D eigenvalue weighted by Gasteiger charge is -2.02. The fourth-order valence-electron chi connectivity index (χ4n) is 1.18. The lowest BCUT2D eigenvalue weighted by molar-refractivity contribution is 0.414. The summed E-state index contributed by atoms with van der Waals surface area (Å²) >= 11 is 3.35. The highest BCUT2D eigenvalue weighted by Gasteiger charge is 2.00. The Morgan fingerprint density at radius 1 is 1.53 bits per heavy atom. The zero-order valence-electron chi connectivity index (χ0n) is 8.53. The molecule has 0 amide bonds. The van der Waals surface area contributed by atoms with E-state index in [1.807, 2.05) is 18.2 Å². The summed E-state index contributed by atoms with van der Waals surface area (Å²) in [6.45, 7) is 0. The third-order valence-corrected chi connectivity index (χ3v) is 2.41. The predicted molar refractivity (Wildman–Crippen MR) is 65.2 cm³/mol. The molecule has 3 heteroatoms. The van der Waals surface area contributed by atoms with Crippen LogP contribution in [0.25, 0.3) is 6.08 Å². The second-order valence-electron chi connectivity index (χ2n) is 2.95. The first-order chi connectivity index (χ1) is 7.31. The molecule has 0 N–H and O–H groups in total. The van der Waals surface area contributed by atoms with Gasteiger partial charge in [0.15, 0.2) is 0 Å². The minimum absolute atomic E-state index is 0.668. The van der Waals surface area contributed by atoms with E-state index in [4.69, 9.17) is 10.00 Å². The average molecular weight is 266 g/mol. The van der Waals surface area contributed by atoms with Crippen LogP contribution in [0.4, 0.5) is 0 Å². The Balaban J connectivity index is 2.97. The summed E-state index contributed by atoms with van der Waals surface area (Å²) in [6, 6.07) is 7.58. The maximum Gasteiger partial charge on any atom is 0.119 e. The minimum Gasteiger partial charge on any atom is -0.497 e. The smallest absolute Gasteiger partial charge is 0.119 e. The molecule has 1 aromatic carbocycles. The quantitative estimate of drug-likeness (QED) is 0.783. The number of nitrogens with zero attached hydrogens (tertiary/aromatic N) is 1. The van der Waals surface area contributed by atoms with E-state index >= 15 is 0 Å². The van der Waals surface area contributed by atoms with Crippen LogP contribution in [0.15, 0.2) is 24.3 Å². The Hall–Kier alpha value is -1.27. The summed E-state index contributed by atoms with van der Waals surface area (Å²) in [5, 5.41) is 9.83. The van der Waals surface area contributed by atoms with Crippen molar-refractivity contribution >= 4 is 22.0 Å². The SMILES string of the molecule is COc1ccc(C#N)c(C=CCCBr)c1.